The molecular weight excluding hydrogens is 376 g/mol. The first-order chi connectivity index (χ1) is 14.6. The van der Waals surface area contributed by atoms with Gasteiger partial charge in [-0.1, -0.05) is 24.3 Å². The summed E-state index contributed by atoms with van der Waals surface area (Å²) < 4.78 is 11.4. The second kappa shape index (κ2) is 7.24. The van der Waals surface area contributed by atoms with Crippen LogP contribution in [0.3, 0.4) is 0 Å². The summed E-state index contributed by atoms with van der Waals surface area (Å²) in [4.78, 5) is 2.47. The van der Waals surface area contributed by atoms with Crippen molar-refractivity contribution in [3.63, 3.8) is 0 Å². The molecule has 0 amide bonds. The maximum atomic E-state index is 11.2. The summed E-state index contributed by atoms with van der Waals surface area (Å²) in [6.45, 7) is 1.02. The standard InChI is InChI=1S/C25H30N2O3/c1-27-12-11-25-15-19(26-17-7-5-4-6-8-17)22(30-3)14-18(25)20(27)13-16-9-10-21(29-2)24(28)23(16)25/h4-10,14,18-20,26,28H,11-13,15H2,1-3H3/t18-,19?,20+,25-/m1/s1. The minimum atomic E-state index is -0.141. The third-order valence-corrected chi connectivity index (χ3v) is 7.51. The number of benzene rings is 2. The van der Waals surface area contributed by atoms with Crippen LogP contribution in [0.15, 0.2) is 54.3 Å². The van der Waals surface area contributed by atoms with Gasteiger partial charge in [0.2, 0.25) is 0 Å². The number of rotatable bonds is 4. The van der Waals surface area contributed by atoms with Gasteiger partial charge in [0.05, 0.1) is 20.3 Å². The first-order valence-electron chi connectivity index (χ1n) is 10.7. The Morgan fingerprint density at radius 1 is 1.10 bits per heavy atom. The van der Waals surface area contributed by atoms with Crippen molar-refractivity contribution in [2.24, 2.45) is 5.92 Å². The first-order valence-corrected chi connectivity index (χ1v) is 10.7. The highest BCUT2D eigenvalue weighted by molar-refractivity contribution is 5.58. The molecule has 4 atom stereocenters. The molecule has 2 aliphatic carbocycles. The van der Waals surface area contributed by atoms with Gasteiger partial charge in [-0.15, -0.1) is 0 Å². The van der Waals surface area contributed by atoms with Gasteiger partial charge in [0.25, 0.3) is 0 Å². The molecule has 0 radical (unpaired) electrons. The molecule has 2 aromatic rings. The SMILES string of the molecule is COC1=C[C@@H]2[C@@H]3Cc4ccc(OC)c(O)c4[C@]2(CCN3C)CC1Nc1ccccc1. The number of nitrogens with zero attached hydrogens (tertiary/aromatic N) is 1. The van der Waals surface area contributed by atoms with E-state index >= 15 is 0 Å². The number of ether oxygens (including phenoxy) is 2. The molecular formula is C25H30N2O3. The maximum Gasteiger partial charge on any atom is 0.161 e. The fourth-order valence-corrected chi connectivity index (χ4v) is 6.09. The number of methoxy groups -OCH3 is 2. The van der Waals surface area contributed by atoms with Crippen LogP contribution in [-0.2, 0) is 16.6 Å². The number of likely N-dealkylation sites (N-methyl/N-ethyl adjacent to an activating group) is 1. The largest absolute Gasteiger partial charge is 0.504 e. The van der Waals surface area contributed by atoms with Crippen LogP contribution >= 0.6 is 0 Å². The number of nitrogens with one attached hydrogen (secondary N) is 1. The van der Waals surface area contributed by atoms with E-state index in [-0.39, 0.29) is 11.5 Å². The Kier molecular flexibility index (Phi) is 4.66. The zero-order chi connectivity index (χ0) is 20.9. The minimum absolute atomic E-state index is 0.0502. The third-order valence-electron chi connectivity index (χ3n) is 7.51. The Morgan fingerprint density at radius 3 is 2.63 bits per heavy atom. The Bertz CT molecular complexity index is 974. The Balaban J connectivity index is 1.65. The molecule has 0 aromatic heterocycles. The van der Waals surface area contributed by atoms with E-state index in [1.165, 1.54) is 5.56 Å². The maximum absolute atomic E-state index is 11.2. The number of piperidine rings is 1. The van der Waals surface area contributed by atoms with Crippen LogP contribution in [-0.4, -0.2) is 49.9 Å². The monoisotopic (exact) mass is 406 g/mol. The van der Waals surface area contributed by atoms with E-state index in [0.29, 0.717) is 23.5 Å². The Hall–Kier alpha value is -2.66. The van der Waals surface area contributed by atoms with Gasteiger partial charge in [-0.05, 0) is 62.7 Å². The number of para-hydroxylation sites is 1. The van der Waals surface area contributed by atoms with Gasteiger partial charge in [-0.3, -0.25) is 0 Å². The molecule has 1 unspecified atom stereocenters. The molecule has 2 aromatic carbocycles. The summed E-state index contributed by atoms with van der Waals surface area (Å²) >= 11 is 0. The van der Waals surface area contributed by atoms with Crippen LogP contribution < -0.4 is 10.1 Å². The molecule has 30 heavy (non-hydrogen) atoms. The number of fused-ring (bicyclic) bond motifs is 1. The molecule has 5 heteroatoms. The molecule has 2 bridgehead atoms. The molecule has 0 saturated carbocycles. The molecule has 0 spiro atoms. The highest BCUT2D eigenvalue weighted by atomic mass is 16.5. The van der Waals surface area contributed by atoms with E-state index in [1.54, 1.807) is 14.2 Å². The van der Waals surface area contributed by atoms with Crippen LogP contribution in [0, 0.1) is 5.92 Å². The minimum Gasteiger partial charge on any atom is -0.504 e. The first kappa shape index (κ1) is 19.3. The van der Waals surface area contributed by atoms with Gasteiger partial charge in [0.15, 0.2) is 11.5 Å². The predicted molar refractivity (Wildman–Crippen MR) is 118 cm³/mol. The molecule has 3 aliphatic rings. The lowest BCUT2D eigenvalue weighted by Crippen LogP contribution is -2.61. The van der Waals surface area contributed by atoms with Crippen molar-refractivity contribution in [2.75, 3.05) is 33.1 Å². The van der Waals surface area contributed by atoms with Crippen molar-refractivity contribution in [3.05, 3.63) is 65.4 Å². The number of aromatic hydroxyl groups is 1. The predicted octanol–water partition coefficient (Wildman–Crippen LogP) is 3.93. The second-order valence-electron chi connectivity index (χ2n) is 8.87. The fourth-order valence-electron chi connectivity index (χ4n) is 6.09. The average Bonchev–Trinajstić information content (AvgIpc) is 2.76. The van der Waals surface area contributed by atoms with Crippen LogP contribution in [0.4, 0.5) is 5.69 Å². The van der Waals surface area contributed by atoms with Crippen molar-refractivity contribution >= 4 is 5.69 Å². The van der Waals surface area contributed by atoms with Gasteiger partial charge in [-0.25, -0.2) is 0 Å². The molecule has 158 valence electrons. The van der Waals surface area contributed by atoms with Crippen molar-refractivity contribution in [2.45, 2.75) is 36.8 Å². The summed E-state index contributed by atoms with van der Waals surface area (Å²) in [6.07, 6.45) is 5.13. The van der Waals surface area contributed by atoms with E-state index in [0.717, 1.165) is 42.8 Å². The molecule has 1 aliphatic heterocycles. The van der Waals surface area contributed by atoms with Crippen LogP contribution in [0.25, 0.3) is 0 Å². The van der Waals surface area contributed by atoms with Crippen molar-refractivity contribution in [1.29, 1.82) is 0 Å². The van der Waals surface area contributed by atoms with E-state index < -0.39 is 0 Å². The van der Waals surface area contributed by atoms with Crippen molar-refractivity contribution < 1.29 is 14.6 Å². The summed E-state index contributed by atoms with van der Waals surface area (Å²) in [6, 6.07) is 14.8. The van der Waals surface area contributed by atoms with Gasteiger partial charge in [0, 0.05) is 28.6 Å². The van der Waals surface area contributed by atoms with Gasteiger partial charge < -0.3 is 24.8 Å². The molecule has 1 heterocycles. The topological polar surface area (TPSA) is 54.0 Å². The highest BCUT2D eigenvalue weighted by Gasteiger charge is 2.56. The fraction of sp³-hybridized carbons (Fsp3) is 0.440. The van der Waals surface area contributed by atoms with Crippen LogP contribution in [0.2, 0.25) is 0 Å². The highest BCUT2D eigenvalue weighted by Crippen LogP contribution is 2.58. The average molecular weight is 407 g/mol. The molecule has 5 rings (SSSR count). The number of anilines is 1. The number of phenols is 1. The second-order valence-corrected chi connectivity index (χ2v) is 8.87. The zero-order valence-corrected chi connectivity index (χ0v) is 17.9. The van der Waals surface area contributed by atoms with E-state index in [2.05, 4.69) is 41.5 Å². The number of hydrogen-bond acceptors (Lipinski definition) is 5. The van der Waals surface area contributed by atoms with Gasteiger partial charge in [-0.2, -0.15) is 0 Å². The van der Waals surface area contributed by atoms with E-state index in [9.17, 15) is 5.11 Å². The number of hydrogen-bond donors (Lipinski definition) is 2. The molecule has 1 fully saturated rings. The van der Waals surface area contributed by atoms with Crippen LogP contribution in [0.5, 0.6) is 11.5 Å². The summed E-state index contributed by atoms with van der Waals surface area (Å²) in [5, 5.41) is 14.9. The van der Waals surface area contributed by atoms with Gasteiger partial charge in [0.1, 0.15) is 5.76 Å². The van der Waals surface area contributed by atoms with E-state index in [1.807, 2.05) is 24.3 Å². The van der Waals surface area contributed by atoms with Crippen molar-refractivity contribution in [1.82, 2.24) is 4.90 Å². The molecule has 2 N–H and O–H groups in total. The molecule has 5 nitrogen and oxygen atoms in total. The smallest absolute Gasteiger partial charge is 0.161 e. The number of likely N-dealkylation sites (tertiary alicyclic amines) is 1. The lowest BCUT2D eigenvalue weighted by molar-refractivity contribution is 0.0339. The van der Waals surface area contributed by atoms with Crippen LogP contribution in [0.1, 0.15) is 24.0 Å². The zero-order valence-electron chi connectivity index (χ0n) is 17.9. The summed E-state index contributed by atoms with van der Waals surface area (Å²) in [5.74, 6) is 2.17. The quantitative estimate of drug-likeness (QED) is 0.806. The van der Waals surface area contributed by atoms with Crippen molar-refractivity contribution in [3.8, 4) is 11.5 Å². The third kappa shape index (κ3) is 2.79. The lowest BCUT2D eigenvalue weighted by Gasteiger charge is -2.58. The Labute approximate surface area is 178 Å². The number of phenolic OH excluding ortho intramolecular Hbond substituents is 1. The lowest BCUT2D eigenvalue weighted by atomic mass is 9.53. The van der Waals surface area contributed by atoms with E-state index in [4.69, 9.17) is 9.47 Å². The summed E-state index contributed by atoms with van der Waals surface area (Å²) in [7, 11) is 5.61. The Morgan fingerprint density at radius 2 is 1.90 bits per heavy atom. The molecule has 1 saturated heterocycles. The van der Waals surface area contributed by atoms with Gasteiger partial charge >= 0.3 is 0 Å². The summed E-state index contributed by atoms with van der Waals surface area (Å²) in [5.41, 5.74) is 3.27. The normalized spacial score (nSPS) is 30.0.